The molecule has 0 aliphatic rings. The van der Waals surface area contributed by atoms with Crippen molar-refractivity contribution in [2.75, 3.05) is 0 Å². The molecule has 0 amide bonds. The molecule has 0 saturated carbocycles. The zero-order chi connectivity index (χ0) is 14.8. The number of alkyl halides is 3. The molecule has 0 spiro atoms. The Bertz CT molecular complexity index is 592. The van der Waals surface area contributed by atoms with Crippen LogP contribution in [0.15, 0.2) is 24.4 Å². The molecule has 2 nitrogen and oxygen atoms in total. The molecule has 7 heteroatoms. The highest BCUT2D eigenvalue weighted by atomic mass is 32.1. The molecule has 20 heavy (non-hydrogen) atoms. The maximum absolute atomic E-state index is 13.2. The van der Waals surface area contributed by atoms with Crippen LogP contribution in [0.25, 0.3) is 0 Å². The van der Waals surface area contributed by atoms with E-state index in [4.69, 9.17) is 0 Å². The molecule has 1 aromatic heterocycles. The largest absolute Gasteiger partial charge is 0.416 e. The number of aromatic nitrogens is 1. The van der Waals surface area contributed by atoms with E-state index in [1.165, 1.54) is 11.3 Å². The van der Waals surface area contributed by atoms with Gasteiger partial charge >= 0.3 is 6.18 Å². The van der Waals surface area contributed by atoms with E-state index < -0.39 is 17.6 Å². The molecule has 0 unspecified atom stereocenters. The summed E-state index contributed by atoms with van der Waals surface area (Å²) in [5, 5.41) is 3.90. The number of nitrogens with one attached hydrogen (secondary N) is 1. The summed E-state index contributed by atoms with van der Waals surface area (Å²) in [5.74, 6) is -0.884. The van der Waals surface area contributed by atoms with Gasteiger partial charge in [0.25, 0.3) is 0 Å². The first-order chi connectivity index (χ1) is 9.34. The molecule has 2 aromatic rings. The zero-order valence-electron chi connectivity index (χ0n) is 10.6. The third-order valence-corrected chi connectivity index (χ3v) is 3.50. The van der Waals surface area contributed by atoms with Crippen molar-refractivity contribution < 1.29 is 17.6 Å². The van der Waals surface area contributed by atoms with Gasteiger partial charge in [-0.05, 0) is 30.7 Å². The maximum atomic E-state index is 13.2. The van der Waals surface area contributed by atoms with Gasteiger partial charge in [0.05, 0.1) is 10.6 Å². The standard InChI is InChI=1S/C13H12F4N2S/c1-8-19-7-12(20-8)6-18-5-9-2-10(13(15,16)17)4-11(14)3-9/h2-4,7,18H,5-6H2,1H3. The number of halogens is 4. The van der Waals surface area contributed by atoms with E-state index in [9.17, 15) is 17.6 Å². The van der Waals surface area contributed by atoms with Gasteiger partial charge in [0.1, 0.15) is 5.82 Å². The van der Waals surface area contributed by atoms with E-state index in [0.29, 0.717) is 12.6 Å². The topological polar surface area (TPSA) is 24.9 Å². The summed E-state index contributed by atoms with van der Waals surface area (Å²) in [4.78, 5) is 5.05. The predicted octanol–water partition coefficient (Wildman–Crippen LogP) is 3.90. The predicted molar refractivity (Wildman–Crippen MR) is 68.8 cm³/mol. The normalized spacial score (nSPS) is 11.8. The van der Waals surface area contributed by atoms with Crippen LogP contribution in [0.1, 0.15) is 21.0 Å². The van der Waals surface area contributed by atoms with Crippen molar-refractivity contribution in [1.29, 1.82) is 0 Å². The summed E-state index contributed by atoms with van der Waals surface area (Å²) < 4.78 is 50.8. The van der Waals surface area contributed by atoms with Crippen LogP contribution in [0, 0.1) is 12.7 Å². The second-order valence-corrected chi connectivity index (χ2v) is 5.61. The second-order valence-electron chi connectivity index (χ2n) is 4.30. The molecule has 0 bridgehead atoms. The first kappa shape index (κ1) is 14.9. The van der Waals surface area contributed by atoms with Crippen molar-refractivity contribution in [1.82, 2.24) is 10.3 Å². The molecule has 1 N–H and O–H groups in total. The SMILES string of the molecule is Cc1ncc(CNCc2cc(F)cc(C(F)(F)F)c2)s1. The van der Waals surface area contributed by atoms with Crippen LogP contribution < -0.4 is 5.32 Å². The number of benzene rings is 1. The number of hydrogen-bond acceptors (Lipinski definition) is 3. The van der Waals surface area contributed by atoms with Crippen molar-refractivity contribution in [2.24, 2.45) is 0 Å². The molecule has 0 atom stereocenters. The minimum atomic E-state index is -4.54. The summed E-state index contributed by atoms with van der Waals surface area (Å²) in [5.41, 5.74) is -0.707. The van der Waals surface area contributed by atoms with Crippen LogP contribution in [0.3, 0.4) is 0 Å². The number of aryl methyl sites for hydroxylation is 1. The lowest BCUT2D eigenvalue weighted by Crippen LogP contribution is -2.13. The summed E-state index contributed by atoms with van der Waals surface area (Å²) in [6, 6.07) is 2.55. The molecule has 0 aliphatic carbocycles. The number of thiazole rings is 1. The third kappa shape index (κ3) is 4.01. The van der Waals surface area contributed by atoms with E-state index in [2.05, 4.69) is 10.3 Å². The van der Waals surface area contributed by atoms with Crippen molar-refractivity contribution in [3.05, 3.63) is 51.2 Å². The summed E-state index contributed by atoms with van der Waals surface area (Å²) >= 11 is 1.51. The van der Waals surface area contributed by atoms with E-state index >= 15 is 0 Å². The fourth-order valence-electron chi connectivity index (χ4n) is 1.73. The number of nitrogens with zero attached hydrogens (tertiary/aromatic N) is 1. The van der Waals surface area contributed by atoms with Crippen LogP contribution in [-0.4, -0.2) is 4.98 Å². The smallest absolute Gasteiger partial charge is 0.308 e. The molecule has 0 radical (unpaired) electrons. The van der Waals surface area contributed by atoms with Crippen LogP contribution >= 0.6 is 11.3 Å². The molecule has 0 aliphatic heterocycles. The number of hydrogen-bond donors (Lipinski definition) is 1. The van der Waals surface area contributed by atoms with Gasteiger partial charge in [-0.1, -0.05) is 0 Å². The van der Waals surface area contributed by atoms with E-state index in [1.54, 1.807) is 6.20 Å². The van der Waals surface area contributed by atoms with Gasteiger partial charge in [-0.3, -0.25) is 0 Å². The highest BCUT2D eigenvalue weighted by molar-refractivity contribution is 7.11. The second kappa shape index (κ2) is 5.88. The van der Waals surface area contributed by atoms with Crippen LogP contribution in [0.4, 0.5) is 17.6 Å². The minimum Gasteiger partial charge on any atom is -0.308 e. The maximum Gasteiger partial charge on any atom is 0.416 e. The molecule has 108 valence electrons. The van der Waals surface area contributed by atoms with Crippen LogP contribution in [0.5, 0.6) is 0 Å². The lowest BCUT2D eigenvalue weighted by atomic mass is 10.1. The van der Waals surface area contributed by atoms with Gasteiger partial charge in [-0.2, -0.15) is 13.2 Å². The highest BCUT2D eigenvalue weighted by Gasteiger charge is 2.31. The van der Waals surface area contributed by atoms with Gasteiger partial charge < -0.3 is 5.32 Å². The molecular formula is C13H12F4N2S. The Kier molecular flexibility index (Phi) is 4.39. The van der Waals surface area contributed by atoms with Crippen molar-refractivity contribution in [3.63, 3.8) is 0 Å². The van der Waals surface area contributed by atoms with Crippen LogP contribution in [-0.2, 0) is 19.3 Å². The average molecular weight is 304 g/mol. The first-order valence-electron chi connectivity index (χ1n) is 5.83. The highest BCUT2D eigenvalue weighted by Crippen LogP contribution is 2.30. The monoisotopic (exact) mass is 304 g/mol. The van der Waals surface area contributed by atoms with Gasteiger partial charge in [0, 0.05) is 24.2 Å². The fourth-order valence-corrected chi connectivity index (χ4v) is 2.50. The Labute approximate surface area is 117 Å². The first-order valence-corrected chi connectivity index (χ1v) is 6.65. The quantitative estimate of drug-likeness (QED) is 0.867. The van der Waals surface area contributed by atoms with E-state index in [1.807, 2.05) is 6.92 Å². The fraction of sp³-hybridized carbons (Fsp3) is 0.308. The van der Waals surface area contributed by atoms with Gasteiger partial charge in [0.15, 0.2) is 0 Å². The summed E-state index contributed by atoms with van der Waals surface area (Å²) in [6.07, 6.45) is -2.83. The molecular weight excluding hydrogens is 292 g/mol. The third-order valence-electron chi connectivity index (χ3n) is 2.58. The molecule has 1 heterocycles. The van der Waals surface area contributed by atoms with Gasteiger partial charge in [0.2, 0.25) is 0 Å². The van der Waals surface area contributed by atoms with E-state index in [-0.39, 0.29) is 12.1 Å². The lowest BCUT2D eigenvalue weighted by molar-refractivity contribution is -0.137. The Balaban J connectivity index is 2.00. The molecule has 0 fully saturated rings. The number of rotatable bonds is 4. The average Bonchev–Trinajstić information content (AvgIpc) is 2.73. The van der Waals surface area contributed by atoms with Gasteiger partial charge in [-0.25, -0.2) is 9.37 Å². The Hall–Kier alpha value is -1.47. The van der Waals surface area contributed by atoms with Crippen molar-refractivity contribution in [3.8, 4) is 0 Å². The molecule has 0 saturated heterocycles. The lowest BCUT2D eigenvalue weighted by Gasteiger charge is -2.10. The molecule has 1 aromatic carbocycles. The minimum absolute atomic E-state index is 0.164. The molecule has 2 rings (SSSR count). The Morgan fingerprint density at radius 2 is 1.95 bits per heavy atom. The Morgan fingerprint density at radius 3 is 2.55 bits per heavy atom. The van der Waals surface area contributed by atoms with Crippen molar-refractivity contribution in [2.45, 2.75) is 26.2 Å². The Morgan fingerprint density at radius 1 is 1.20 bits per heavy atom. The van der Waals surface area contributed by atoms with Crippen molar-refractivity contribution >= 4 is 11.3 Å². The summed E-state index contributed by atoms with van der Waals surface area (Å²) in [7, 11) is 0. The van der Waals surface area contributed by atoms with E-state index in [0.717, 1.165) is 22.0 Å². The zero-order valence-corrected chi connectivity index (χ0v) is 11.4. The summed E-state index contributed by atoms with van der Waals surface area (Å²) in [6.45, 7) is 2.53. The van der Waals surface area contributed by atoms with Crippen LogP contribution in [0.2, 0.25) is 0 Å². The van der Waals surface area contributed by atoms with Gasteiger partial charge in [-0.15, -0.1) is 11.3 Å².